The molecule has 1 N–H and O–H groups in total. The summed E-state index contributed by atoms with van der Waals surface area (Å²) in [7, 11) is 0. The fraction of sp³-hybridized carbons (Fsp3) is 0.316. The van der Waals surface area contributed by atoms with E-state index in [2.05, 4.69) is 5.32 Å². The molecule has 0 bridgehead atoms. The van der Waals surface area contributed by atoms with Crippen LogP contribution in [0.25, 0.3) is 0 Å². The lowest BCUT2D eigenvalue weighted by Gasteiger charge is -2.09. The van der Waals surface area contributed by atoms with Gasteiger partial charge in [0.1, 0.15) is 5.82 Å². The monoisotopic (exact) mass is 315 g/mol. The first-order valence-electron chi connectivity index (χ1n) is 7.78. The zero-order valence-electron chi connectivity index (χ0n) is 13.5. The third-order valence-electron chi connectivity index (χ3n) is 3.41. The predicted octanol–water partition coefficient (Wildman–Crippen LogP) is 3.72. The highest BCUT2D eigenvalue weighted by Gasteiger charge is 2.05. The van der Waals surface area contributed by atoms with E-state index < -0.39 is 0 Å². The maximum atomic E-state index is 12.8. The van der Waals surface area contributed by atoms with E-state index in [-0.39, 0.29) is 17.8 Å². The Labute approximate surface area is 136 Å². The standard InChI is InChI=1S/C19H22FNO2/c1-14(2)23-13-16-3-7-17(8-4-16)19(22)21-12-11-15-5-9-18(20)10-6-15/h3-10,14H,11-13H2,1-2H3,(H,21,22). The minimum absolute atomic E-state index is 0.108. The maximum Gasteiger partial charge on any atom is 0.251 e. The van der Waals surface area contributed by atoms with E-state index in [0.29, 0.717) is 25.1 Å². The van der Waals surface area contributed by atoms with E-state index in [1.165, 1.54) is 12.1 Å². The Morgan fingerprint density at radius 3 is 2.26 bits per heavy atom. The van der Waals surface area contributed by atoms with Gasteiger partial charge in [0.2, 0.25) is 0 Å². The van der Waals surface area contributed by atoms with Gasteiger partial charge in [0.25, 0.3) is 5.91 Å². The highest BCUT2D eigenvalue weighted by molar-refractivity contribution is 5.94. The van der Waals surface area contributed by atoms with Crippen molar-refractivity contribution in [2.24, 2.45) is 0 Å². The molecular weight excluding hydrogens is 293 g/mol. The van der Waals surface area contributed by atoms with Crippen LogP contribution < -0.4 is 5.32 Å². The van der Waals surface area contributed by atoms with Crippen LogP contribution in [0.1, 0.15) is 35.3 Å². The Balaban J connectivity index is 1.80. The van der Waals surface area contributed by atoms with Crippen molar-refractivity contribution < 1.29 is 13.9 Å². The van der Waals surface area contributed by atoms with Gasteiger partial charge in [-0.05, 0) is 55.7 Å². The zero-order chi connectivity index (χ0) is 16.7. The van der Waals surface area contributed by atoms with Gasteiger partial charge in [-0.2, -0.15) is 0 Å². The summed E-state index contributed by atoms with van der Waals surface area (Å²) in [5, 5.41) is 2.87. The molecule has 2 aromatic rings. The predicted molar refractivity (Wildman–Crippen MR) is 88.8 cm³/mol. The van der Waals surface area contributed by atoms with Gasteiger partial charge in [-0.1, -0.05) is 24.3 Å². The number of hydrogen-bond donors (Lipinski definition) is 1. The molecule has 0 saturated heterocycles. The van der Waals surface area contributed by atoms with Crippen molar-refractivity contribution >= 4 is 5.91 Å². The molecule has 0 radical (unpaired) electrons. The average molecular weight is 315 g/mol. The second kappa shape index (κ2) is 8.44. The van der Waals surface area contributed by atoms with E-state index in [4.69, 9.17) is 4.74 Å². The molecule has 122 valence electrons. The average Bonchev–Trinajstić information content (AvgIpc) is 2.55. The van der Waals surface area contributed by atoms with E-state index in [1.807, 2.05) is 26.0 Å². The van der Waals surface area contributed by atoms with Crippen molar-refractivity contribution in [1.82, 2.24) is 5.32 Å². The van der Waals surface area contributed by atoms with Crippen LogP contribution in [-0.2, 0) is 17.8 Å². The van der Waals surface area contributed by atoms with Crippen molar-refractivity contribution in [3.63, 3.8) is 0 Å². The molecule has 0 fully saturated rings. The lowest BCUT2D eigenvalue weighted by molar-refractivity contribution is 0.0657. The third-order valence-corrected chi connectivity index (χ3v) is 3.41. The smallest absolute Gasteiger partial charge is 0.251 e. The summed E-state index contributed by atoms with van der Waals surface area (Å²) in [6.45, 7) is 5.04. The van der Waals surface area contributed by atoms with Crippen molar-refractivity contribution in [2.45, 2.75) is 33.0 Å². The molecule has 0 aliphatic carbocycles. The zero-order valence-corrected chi connectivity index (χ0v) is 13.5. The van der Waals surface area contributed by atoms with Crippen LogP contribution in [0.5, 0.6) is 0 Å². The molecule has 3 nitrogen and oxygen atoms in total. The molecule has 0 saturated carbocycles. The summed E-state index contributed by atoms with van der Waals surface area (Å²) in [6, 6.07) is 13.7. The summed E-state index contributed by atoms with van der Waals surface area (Å²) >= 11 is 0. The quantitative estimate of drug-likeness (QED) is 0.845. The molecular formula is C19H22FNO2. The lowest BCUT2D eigenvalue weighted by atomic mass is 10.1. The number of halogens is 1. The van der Waals surface area contributed by atoms with Gasteiger partial charge in [-0.3, -0.25) is 4.79 Å². The summed E-state index contributed by atoms with van der Waals surface area (Å²) in [5.41, 5.74) is 2.66. The molecule has 0 atom stereocenters. The number of rotatable bonds is 7. The third kappa shape index (κ3) is 5.83. The minimum Gasteiger partial charge on any atom is -0.374 e. The summed E-state index contributed by atoms with van der Waals surface area (Å²) in [6.07, 6.45) is 0.858. The van der Waals surface area contributed by atoms with E-state index in [0.717, 1.165) is 11.1 Å². The summed E-state index contributed by atoms with van der Waals surface area (Å²) < 4.78 is 18.3. The Morgan fingerprint density at radius 1 is 1.04 bits per heavy atom. The molecule has 23 heavy (non-hydrogen) atoms. The molecule has 0 unspecified atom stereocenters. The van der Waals surface area contributed by atoms with Crippen LogP contribution in [0.15, 0.2) is 48.5 Å². The van der Waals surface area contributed by atoms with Crippen molar-refractivity contribution in [2.75, 3.05) is 6.54 Å². The maximum absolute atomic E-state index is 12.8. The molecule has 0 aliphatic heterocycles. The fourth-order valence-electron chi connectivity index (χ4n) is 2.09. The van der Waals surface area contributed by atoms with Gasteiger partial charge in [0.15, 0.2) is 0 Å². The number of benzene rings is 2. The Hall–Kier alpha value is -2.20. The molecule has 0 aliphatic rings. The fourth-order valence-corrected chi connectivity index (χ4v) is 2.09. The highest BCUT2D eigenvalue weighted by Crippen LogP contribution is 2.07. The van der Waals surface area contributed by atoms with Crippen LogP contribution in [0.4, 0.5) is 4.39 Å². The SMILES string of the molecule is CC(C)OCc1ccc(C(=O)NCCc2ccc(F)cc2)cc1. The number of nitrogens with one attached hydrogen (secondary N) is 1. The molecule has 4 heteroatoms. The molecule has 1 amide bonds. The molecule has 0 spiro atoms. The van der Waals surface area contributed by atoms with Crippen LogP contribution in [0.2, 0.25) is 0 Å². The molecule has 0 aromatic heterocycles. The van der Waals surface area contributed by atoms with E-state index in [1.54, 1.807) is 24.3 Å². The Morgan fingerprint density at radius 2 is 1.65 bits per heavy atom. The lowest BCUT2D eigenvalue weighted by Crippen LogP contribution is -2.25. The summed E-state index contributed by atoms with van der Waals surface area (Å²) in [4.78, 5) is 12.1. The minimum atomic E-state index is -0.251. The van der Waals surface area contributed by atoms with Gasteiger partial charge in [-0.25, -0.2) is 4.39 Å². The second-order valence-corrected chi connectivity index (χ2v) is 5.69. The number of carbonyl (C=O) groups is 1. The number of carbonyl (C=O) groups excluding carboxylic acids is 1. The van der Waals surface area contributed by atoms with E-state index in [9.17, 15) is 9.18 Å². The molecule has 2 aromatic carbocycles. The van der Waals surface area contributed by atoms with Gasteiger partial charge >= 0.3 is 0 Å². The first-order chi connectivity index (χ1) is 11.0. The number of amides is 1. The van der Waals surface area contributed by atoms with E-state index >= 15 is 0 Å². The Kier molecular flexibility index (Phi) is 6.29. The summed E-state index contributed by atoms with van der Waals surface area (Å²) in [5.74, 6) is -0.359. The van der Waals surface area contributed by atoms with Crippen LogP contribution in [0.3, 0.4) is 0 Å². The number of ether oxygens (including phenoxy) is 1. The number of hydrogen-bond acceptors (Lipinski definition) is 2. The van der Waals surface area contributed by atoms with Crippen molar-refractivity contribution in [1.29, 1.82) is 0 Å². The van der Waals surface area contributed by atoms with Gasteiger partial charge in [0, 0.05) is 12.1 Å². The Bertz CT molecular complexity index is 621. The van der Waals surface area contributed by atoms with Gasteiger partial charge < -0.3 is 10.1 Å². The van der Waals surface area contributed by atoms with Gasteiger partial charge in [-0.15, -0.1) is 0 Å². The largest absolute Gasteiger partial charge is 0.374 e. The van der Waals surface area contributed by atoms with Crippen LogP contribution in [0, 0.1) is 5.82 Å². The molecule has 2 rings (SSSR count). The van der Waals surface area contributed by atoms with Crippen LogP contribution in [-0.4, -0.2) is 18.6 Å². The van der Waals surface area contributed by atoms with Crippen molar-refractivity contribution in [3.05, 3.63) is 71.0 Å². The van der Waals surface area contributed by atoms with Crippen molar-refractivity contribution in [3.8, 4) is 0 Å². The normalized spacial score (nSPS) is 10.8. The topological polar surface area (TPSA) is 38.3 Å². The first-order valence-corrected chi connectivity index (χ1v) is 7.78. The second-order valence-electron chi connectivity index (χ2n) is 5.69. The van der Waals surface area contributed by atoms with Gasteiger partial charge in [0.05, 0.1) is 12.7 Å². The first kappa shape index (κ1) is 17.2. The highest BCUT2D eigenvalue weighted by atomic mass is 19.1. The molecule has 0 heterocycles. The van der Waals surface area contributed by atoms with Crippen LogP contribution >= 0.6 is 0 Å².